The summed E-state index contributed by atoms with van der Waals surface area (Å²) in [5.41, 5.74) is 0.917. The summed E-state index contributed by atoms with van der Waals surface area (Å²) in [5, 5.41) is 10.2. The van der Waals surface area contributed by atoms with Gasteiger partial charge in [-0.1, -0.05) is 13.0 Å². The number of hydrogen-bond acceptors (Lipinski definition) is 7. The molecule has 112 valence electrons. The third-order valence-electron chi connectivity index (χ3n) is 2.54. The quantitative estimate of drug-likeness (QED) is 0.719. The minimum Gasteiger partial charge on any atom is -0.313 e. The highest BCUT2D eigenvalue weighted by Gasteiger charge is 2.17. The van der Waals surface area contributed by atoms with E-state index < -0.39 is 10.0 Å². The van der Waals surface area contributed by atoms with Crippen molar-refractivity contribution >= 4 is 16.0 Å². The molecule has 8 nitrogen and oxygen atoms in total. The number of sulfonamides is 1. The summed E-state index contributed by atoms with van der Waals surface area (Å²) >= 11 is 0. The van der Waals surface area contributed by atoms with Gasteiger partial charge in [-0.2, -0.15) is 13.5 Å². The average molecular weight is 308 g/mol. The van der Waals surface area contributed by atoms with E-state index in [1.807, 2.05) is 0 Å². The van der Waals surface area contributed by atoms with Crippen molar-refractivity contribution in [2.24, 2.45) is 0 Å². The minimum atomic E-state index is -3.80. The summed E-state index contributed by atoms with van der Waals surface area (Å²) in [7, 11) is -3.80. The van der Waals surface area contributed by atoms with Gasteiger partial charge in [-0.3, -0.25) is 0 Å². The highest BCUT2D eigenvalue weighted by Crippen LogP contribution is 2.10. The normalized spacial score (nSPS) is 11.3. The molecule has 2 rings (SSSR count). The maximum atomic E-state index is 12.1. The Morgan fingerprint density at radius 1 is 1.19 bits per heavy atom. The molecule has 0 unspecified atom stereocenters. The largest absolute Gasteiger partial charge is 0.313 e. The van der Waals surface area contributed by atoms with E-state index in [4.69, 9.17) is 0 Å². The van der Waals surface area contributed by atoms with Crippen LogP contribution in [0.25, 0.3) is 0 Å². The van der Waals surface area contributed by atoms with Gasteiger partial charge < -0.3 is 5.32 Å². The maximum Gasteiger partial charge on any atom is 0.281 e. The molecule has 0 aromatic carbocycles. The molecular weight excluding hydrogens is 292 g/mol. The lowest BCUT2D eigenvalue weighted by Crippen LogP contribution is -2.17. The van der Waals surface area contributed by atoms with E-state index in [9.17, 15) is 8.42 Å². The second-order valence-electron chi connectivity index (χ2n) is 4.25. The first kappa shape index (κ1) is 15.3. The first-order valence-corrected chi connectivity index (χ1v) is 7.92. The Morgan fingerprint density at radius 2 is 2.05 bits per heavy atom. The lowest BCUT2D eigenvalue weighted by atomic mass is 10.3. The Bertz CT molecular complexity index is 660. The number of anilines is 1. The molecule has 0 atom stereocenters. The number of rotatable bonds is 7. The third kappa shape index (κ3) is 4.43. The van der Waals surface area contributed by atoms with Crippen LogP contribution in [0.15, 0.2) is 35.7 Å². The van der Waals surface area contributed by atoms with Gasteiger partial charge in [0.25, 0.3) is 16.0 Å². The fourth-order valence-corrected chi connectivity index (χ4v) is 2.43. The second-order valence-corrected chi connectivity index (χ2v) is 5.88. The molecular formula is C12H16N6O2S. The van der Waals surface area contributed by atoms with Crippen molar-refractivity contribution in [1.29, 1.82) is 0 Å². The second kappa shape index (κ2) is 7.04. The van der Waals surface area contributed by atoms with Crippen molar-refractivity contribution in [3.63, 3.8) is 0 Å². The van der Waals surface area contributed by atoms with Crippen molar-refractivity contribution < 1.29 is 8.42 Å². The van der Waals surface area contributed by atoms with Crippen molar-refractivity contribution in [2.45, 2.75) is 24.9 Å². The molecule has 2 N–H and O–H groups in total. The van der Waals surface area contributed by atoms with Crippen LogP contribution < -0.4 is 10.0 Å². The van der Waals surface area contributed by atoms with Gasteiger partial charge in [0.15, 0.2) is 5.03 Å². The molecule has 0 saturated carbocycles. The van der Waals surface area contributed by atoms with Crippen LogP contribution in [0.2, 0.25) is 0 Å². The summed E-state index contributed by atoms with van der Waals surface area (Å²) in [6.45, 7) is 3.63. The summed E-state index contributed by atoms with van der Waals surface area (Å²) < 4.78 is 26.4. The summed E-state index contributed by atoms with van der Waals surface area (Å²) in [5.74, 6) is -0.0898. The molecule has 2 aromatic heterocycles. The van der Waals surface area contributed by atoms with Crippen LogP contribution >= 0.6 is 0 Å². The van der Waals surface area contributed by atoms with Gasteiger partial charge in [0.2, 0.25) is 0 Å². The topological polar surface area (TPSA) is 110 Å². The molecule has 0 amide bonds. The van der Waals surface area contributed by atoms with Gasteiger partial charge in [0.1, 0.15) is 0 Å². The zero-order valence-electron chi connectivity index (χ0n) is 11.5. The number of hydrogen-bond donors (Lipinski definition) is 2. The Balaban J connectivity index is 2.06. The van der Waals surface area contributed by atoms with Crippen molar-refractivity contribution in [3.05, 3.63) is 36.3 Å². The van der Waals surface area contributed by atoms with Crippen LogP contribution in [0.4, 0.5) is 5.95 Å². The van der Waals surface area contributed by atoms with Gasteiger partial charge >= 0.3 is 0 Å². The van der Waals surface area contributed by atoms with Crippen LogP contribution in [-0.4, -0.2) is 35.1 Å². The minimum absolute atomic E-state index is 0.0887. The van der Waals surface area contributed by atoms with E-state index in [0.717, 1.165) is 18.5 Å². The predicted molar refractivity (Wildman–Crippen MR) is 76.9 cm³/mol. The number of nitrogens with one attached hydrogen (secondary N) is 2. The van der Waals surface area contributed by atoms with E-state index >= 15 is 0 Å². The first-order valence-electron chi connectivity index (χ1n) is 6.44. The van der Waals surface area contributed by atoms with Crippen molar-refractivity contribution in [2.75, 3.05) is 11.3 Å². The average Bonchev–Trinajstić information content (AvgIpc) is 2.49. The maximum absolute atomic E-state index is 12.1. The van der Waals surface area contributed by atoms with Gasteiger partial charge in [0, 0.05) is 12.7 Å². The Labute approximate surface area is 123 Å². The predicted octanol–water partition coefficient (Wildman–Crippen LogP) is 0.567. The highest BCUT2D eigenvalue weighted by molar-refractivity contribution is 7.92. The Morgan fingerprint density at radius 3 is 2.67 bits per heavy atom. The molecule has 0 fully saturated rings. The Kier molecular flexibility index (Phi) is 5.12. The van der Waals surface area contributed by atoms with Crippen LogP contribution in [0.3, 0.4) is 0 Å². The van der Waals surface area contributed by atoms with E-state index in [2.05, 4.69) is 37.1 Å². The molecule has 0 spiro atoms. The van der Waals surface area contributed by atoms with Gasteiger partial charge in [-0.05, 0) is 24.6 Å². The van der Waals surface area contributed by atoms with Crippen LogP contribution in [0.5, 0.6) is 0 Å². The monoisotopic (exact) mass is 308 g/mol. The van der Waals surface area contributed by atoms with Gasteiger partial charge in [0.05, 0.1) is 12.4 Å². The van der Waals surface area contributed by atoms with E-state index in [0.29, 0.717) is 6.54 Å². The lowest BCUT2D eigenvalue weighted by Gasteiger charge is -2.06. The molecule has 0 aliphatic carbocycles. The SMILES string of the molecule is CCCNCc1ccc(S(=O)(=O)Nc2nccnn2)nc1. The number of aromatic nitrogens is 4. The summed E-state index contributed by atoms with van der Waals surface area (Å²) in [4.78, 5) is 7.71. The van der Waals surface area contributed by atoms with Crippen LogP contribution in [0.1, 0.15) is 18.9 Å². The fraction of sp³-hybridized carbons (Fsp3) is 0.333. The molecule has 0 radical (unpaired) electrons. The zero-order chi connectivity index (χ0) is 15.1. The zero-order valence-corrected chi connectivity index (χ0v) is 12.3. The molecule has 9 heteroatoms. The van der Waals surface area contributed by atoms with E-state index in [1.165, 1.54) is 24.7 Å². The fourth-order valence-electron chi connectivity index (χ4n) is 1.55. The highest BCUT2D eigenvalue weighted by atomic mass is 32.2. The third-order valence-corrected chi connectivity index (χ3v) is 3.78. The number of nitrogens with zero attached hydrogens (tertiary/aromatic N) is 4. The Hall–Kier alpha value is -2.13. The van der Waals surface area contributed by atoms with Crippen LogP contribution in [0, 0.1) is 0 Å². The van der Waals surface area contributed by atoms with E-state index in [-0.39, 0.29) is 11.0 Å². The van der Waals surface area contributed by atoms with Gasteiger partial charge in [-0.25, -0.2) is 14.7 Å². The van der Waals surface area contributed by atoms with Crippen molar-refractivity contribution in [1.82, 2.24) is 25.5 Å². The van der Waals surface area contributed by atoms with Gasteiger partial charge in [-0.15, -0.1) is 5.10 Å². The molecule has 0 saturated heterocycles. The molecule has 21 heavy (non-hydrogen) atoms. The molecule has 0 aliphatic rings. The molecule has 0 bridgehead atoms. The molecule has 2 heterocycles. The summed E-state index contributed by atoms with van der Waals surface area (Å²) in [6.07, 6.45) is 5.27. The van der Waals surface area contributed by atoms with Crippen LogP contribution in [-0.2, 0) is 16.6 Å². The lowest BCUT2D eigenvalue weighted by molar-refractivity contribution is 0.596. The molecule has 2 aromatic rings. The first-order chi connectivity index (χ1) is 10.1. The van der Waals surface area contributed by atoms with Crippen molar-refractivity contribution in [3.8, 4) is 0 Å². The number of pyridine rings is 1. The van der Waals surface area contributed by atoms with E-state index in [1.54, 1.807) is 6.07 Å². The molecule has 0 aliphatic heterocycles. The standard InChI is InChI=1S/C12H16N6O2S/c1-2-5-13-8-10-3-4-11(15-9-10)21(19,20)18-12-14-6-7-16-17-12/h3-4,6-7,9,13H,2,5,8H2,1H3,(H,14,17,18). The smallest absolute Gasteiger partial charge is 0.281 e. The summed E-state index contributed by atoms with van der Waals surface area (Å²) in [6, 6.07) is 3.16.